The largest absolute Gasteiger partial charge is 0.508 e. The number of likely N-dealkylation sites (N-methyl/N-ethyl adjacent to an activating group) is 1. The Morgan fingerprint density at radius 3 is 2.08 bits per heavy atom. The summed E-state index contributed by atoms with van der Waals surface area (Å²) in [6.07, 6.45) is -4.57. The van der Waals surface area contributed by atoms with Gasteiger partial charge in [0.15, 0.2) is 0 Å². The molecule has 390 valence electrons. The number of rotatable bonds is 16. The number of carbonyl (C=O) groups excluding carboxylic acids is 9. The van der Waals surface area contributed by atoms with Crippen LogP contribution in [0, 0.1) is 17.8 Å². The number of hydrogen-bond acceptors (Lipinski definition) is 13. The first-order chi connectivity index (χ1) is 33.5. The van der Waals surface area contributed by atoms with Crippen LogP contribution in [0.4, 0.5) is 0 Å². The van der Waals surface area contributed by atoms with Crippen molar-refractivity contribution in [1.29, 1.82) is 0 Å². The van der Waals surface area contributed by atoms with Crippen molar-refractivity contribution in [3.8, 4) is 5.75 Å². The van der Waals surface area contributed by atoms with Gasteiger partial charge in [-0.2, -0.15) is 0 Å². The lowest BCUT2D eigenvalue weighted by Gasteiger charge is -2.46. The minimum Gasteiger partial charge on any atom is -0.508 e. The number of esters is 1. The normalized spacial score (nSPS) is 25.4. The summed E-state index contributed by atoms with van der Waals surface area (Å²) in [5.41, 5.74) is 6.60. The minimum absolute atomic E-state index is 0.0128. The molecular formula is C50H72N8O13. The van der Waals surface area contributed by atoms with Gasteiger partial charge in [0, 0.05) is 27.0 Å². The summed E-state index contributed by atoms with van der Waals surface area (Å²) in [7, 11) is 2.85. The molecule has 21 heteroatoms. The Morgan fingerprint density at radius 2 is 1.51 bits per heavy atom. The quantitative estimate of drug-likeness (QED) is 0.105. The van der Waals surface area contributed by atoms with Gasteiger partial charge >= 0.3 is 5.97 Å². The van der Waals surface area contributed by atoms with Crippen LogP contribution in [0.25, 0.3) is 0 Å². The molecule has 2 bridgehead atoms. The molecule has 9 N–H and O–H groups in total. The molecule has 0 aromatic heterocycles. The van der Waals surface area contributed by atoms with Crippen LogP contribution in [0.3, 0.4) is 0 Å². The number of carbonyl (C=O) groups is 9. The number of nitrogens with two attached hydrogens (primary N) is 1. The number of piperidine rings is 1. The van der Waals surface area contributed by atoms with Crippen molar-refractivity contribution in [2.24, 2.45) is 23.5 Å². The molecule has 2 saturated heterocycles. The second-order valence-corrected chi connectivity index (χ2v) is 19.2. The van der Waals surface area contributed by atoms with Gasteiger partial charge in [-0.15, -0.1) is 0 Å². The Kier molecular flexibility index (Phi) is 20.9. The Bertz CT molecular complexity index is 2210. The molecule has 71 heavy (non-hydrogen) atoms. The Balaban J connectivity index is 1.82. The fourth-order valence-electron chi connectivity index (χ4n) is 8.62. The third-order valence-corrected chi connectivity index (χ3v) is 12.9. The number of benzene rings is 2. The van der Waals surface area contributed by atoms with Crippen LogP contribution in [0.15, 0.2) is 54.6 Å². The molecule has 0 radical (unpaired) electrons. The van der Waals surface area contributed by atoms with E-state index in [0.717, 1.165) is 0 Å². The van der Waals surface area contributed by atoms with Gasteiger partial charge in [-0.3, -0.25) is 38.4 Å². The van der Waals surface area contributed by atoms with E-state index in [0.29, 0.717) is 17.5 Å². The zero-order valence-electron chi connectivity index (χ0n) is 42.0. The highest BCUT2D eigenvalue weighted by atomic mass is 16.5. The van der Waals surface area contributed by atoms with Gasteiger partial charge in [0.2, 0.25) is 47.3 Å². The van der Waals surface area contributed by atoms with E-state index < -0.39 is 132 Å². The molecule has 0 aliphatic carbocycles. The molecule has 0 saturated carbocycles. The van der Waals surface area contributed by atoms with Crippen LogP contribution >= 0.6 is 0 Å². The number of methoxy groups -OCH3 is 1. The summed E-state index contributed by atoms with van der Waals surface area (Å²) in [6, 6.07) is 4.48. The highest BCUT2D eigenvalue weighted by Gasteiger charge is 2.48. The average molecular weight is 993 g/mol. The van der Waals surface area contributed by atoms with E-state index in [1.54, 1.807) is 65.0 Å². The molecule has 2 aromatic rings. The molecule has 0 spiro atoms. The van der Waals surface area contributed by atoms with Crippen molar-refractivity contribution < 1.29 is 62.8 Å². The first kappa shape index (κ1) is 57.0. The molecule has 11 atom stereocenters. The zero-order valence-corrected chi connectivity index (χ0v) is 42.0. The summed E-state index contributed by atoms with van der Waals surface area (Å²) >= 11 is 0. The van der Waals surface area contributed by atoms with Crippen molar-refractivity contribution in [1.82, 2.24) is 36.4 Å². The van der Waals surface area contributed by atoms with E-state index in [1.165, 1.54) is 55.1 Å². The maximum absolute atomic E-state index is 15.0. The number of amides is 8. The van der Waals surface area contributed by atoms with Gasteiger partial charge in [0.05, 0.1) is 6.42 Å². The Labute approximate surface area is 414 Å². The first-order valence-electron chi connectivity index (χ1n) is 24.1. The van der Waals surface area contributed by atoms with Crippen LogP contribution in [0.5, 0.6) is 5.75 Å². The number of cyclic esters (lactones) is 1. The number of phenols is 1. The van der Waals surface area contributed by atoms with E-state index in [2.05, 4.69) is 26.6 Å². The number of aliphatic hydroxyl groups is 1. The SMILES string of the molecule is CCC(C)C1C(=O)N(C)C(Cc2ccccc2)C(=O)NC(C(C)C)C(=O)OC(C)C(NC(=O)C(CC(N)=O)NC(=O)C(O)Cc2ccc(O)cc2)C(=O)NC(CC(C)C)C(=O)NC2CCC(OC)N1C2=O. The fourth-order valence-corrected chi connectivity index (χ4v) is 8.62. The first-order valence-corrected chi connectivity index (χ1v) is 24.1. The fraction of sp³-hybridized carbons (Fsp3) is 0.580. The van der Waals surface area contributed by atoms with Gasteiger partial charge in [-0.05, 0) is 67.2 Å². The molecule has 4 rings (SSSR count). The van der Waals surface area contributed by atoms with Crippen LogP contribution < -0.4 is 32.3 Å². The molecule has 8 amide bonds. The number of nitrogens with one attached hydrogen (secondary N) is 5. The number of aliphatic hydroxyl groups excluding tert-OH is 1. The van der Waals surface area contributed by atoms with Crippen molar-refractivity contribution in [2.75, 3.05) is 14.2 Å². The average Bonchev–Trinajstić information content (AvgIpc) is 3.31. The number of phenolic OH excluding ortho intramolecular Hbond substituents is 1. The number of nitrogens with zero attached hydrogens (tertiary/aromatic N) is 2. The monoisotopic (exact) mass is 993 g/mol. The van der Waals surface area contributed by atoms with E-state index in [9.17, 15) is 48.6 Å². The summed E-state index contributed by atoms with van der Waals surface area (Å²) < 4.78 is 11.7. The Morgan fingerprint density at radius 1 is 0.859 bits per heavy atom. The van der Waals surface area contributed by atoms with Crippen molar-refractivity contribution in [3.63, 3.8) is 0 Å². The predicted molar refractivity (Wildman–Crippen MR) is 258 cm³/mol. The van der Waals surface area contributed by atoms with Crippen LogP contribution in [0.1, 0.15) is 91.7 Å². The number of fused-ring (bicyclic) bond motifs is 2. The maximum Gasteiger partial charge on any atom is 0.329 e. The van der Waals surface area contributed by atoms with Gasteiger partial charge < -0.3 is 61.8 Å². The van der Waals surface area contributed by atoms with Crippen LogP contribution in [-0.2, 0) is 65.5 Å². The van der Waals surface area contributed by atoms with E-state index in [4.69, 9.17) is 15.2 Å². The lowest BCUT2D eigenvalue weighted by Crippen LogP contribution is -2.66. The molecule has 21 nitrogen and oxygen atoms in total. The summed E-state index contributed by atoms with van der Waals surface area (Å²) in [4.78, 5) is 130. The van der Waals surface area contributed by atoms with Gasteiger partial charge in [0.25, 0.3) is 0 Å². The molecule has 2 aromatic carbocycles. The minimum atomic E-state index is -1.85. The summed E-state index contributed by atoms with van der Waals surface area (Å²) in [6.45, 7) is 11.7. The lowest BCUT2D eigenvalue weighted by atomic mass is 9.91. The smallest absolute Gasteiger partial charge is 0.329 e. The van der Waals surface area contributed by atoms with Crippen LogP contribution in [0.2, 0.25) is 0 Å². The third-order valence-electron chi connectivity index (χ3n) is 12.9. The standard InChI is InChI=1S/C50H72N8O13/c1-10-28(6)42-49(68)57(8)36(23-30-14-12-11-13-15-30)45(64)55-40(27(4)5)50(69)71-29(7)41(47(66)54-34(22-26(2)3)43(62)52-33-20-21-39(70-9)58(42)48(33)67)56-44(63)35(25-38(51)61)53-46(65)37(60)24-31-16-18-32(59)19-17-31/h11-19,26-29,33-37,39-42,59-60H,10,20-25H2,1-9H3,(H2,51,61)(H,52,62)(H,53,65)(H,54,66)(H,55,64)(H,56,63). The van der Waals surface area contributed by atoms with Crippen molar-refractivity contribution in [3.05, 3.63) is 65.7 Å². The summed E-state index contributed by atoms with van der Waals surface area (Å²) in [5, 5.41) is 33.3. The third kappa shape index (κ3) is 15.4. The molecule has 2 fully saturated rings. The van der Waals surface area contributed by atoms with E-state index >= 15 is 4.79 Å². The Hall–Kier alpha value is -6.61. The topological polar surface area (TPSA) is 305 Å². The lowest BCUT2D eigenvalue weighted by molar-refractivity contribution is -0.171. The second-order valence-electron chi connectivity index (χ2n) is 19.2. The van der Waals surface area contributed by atoms with E-state index in [1.807, 2.05) is 6.92 Å². The van der Waals surface area contributed by atoms with Crippen LogP contribution in [-0.4, -0.2) is 148 Å². The predicted octanol–water partition coefficient (Wildman–Crippen LogP) is 0.322. The molecule has 2 aliphatic rings. The summed E-state index contributed by atoms with van der Waals surface area (Å²) in [5.74, 6) is -9.58. The maximum atomic E-state index is 15.0. The molecule has 2 aliphatic heterocycles. The number of hydrogen-bond donors (Lipinski definition) is 8. The van der Waals surface area contributed by atoms with Gasteiger partial charge in [-0.25, -0.2) is 4.79 Å². The number of ether oxygens (including phenoxy) is 2. The van der Waals surface area contributed by atoms with E-state index in [-0.39, 0.29) is 43.8 Å². The van der Waals surface area contributed by atoms with Gasteiger partial charge in [-0.1, -0.05) is 90.4 Å². The molecule has 2 heterocycles. The molecular weight excluding hydrogens is 921 g/mol. The molecule has 11 unspecified atom stereocenters. The van der Waals surface area contributed by atoms with Gasteiger partial charge in [0.1, 0.15) is 66.5 Å². The highest BCUT2D eigenvalue weighted by molar-refractivity contribution is 5.99. The second kappa shape index (κ2) is 26.0. The number of primary amides is 1. The highest BCUT2D eigenvalue weighted by Crippen LogP contribution is 2.29. The van der Waals surface area contributed by atoms with Crippen molar-refractivity contribution >= 4 is 53.2 Å². The van der Waals surface area contributed by atoms with Crippen molar-refractivity contribution in [2.45, 2.75) is 154 Å². The zero-order chi connectivity index (χ0) is 52.9. The number of aromatic hydroxyl groups is 1.